The fourth-order valence-corrected chi connectivity index (χ4v) is 2.27. The summed E-state index contributed by atoms with van der Waals surface area (Å²) in [6.07, 6.45) is 0.517. The maximum atomic E-state index is 11.8. The molecule has 3 amide bonds. The summed E-state index contributed by atoms with van der Waals surface area (Å²) in [5.74, 6) is -0.484. The first-order valence-corrected chi connectivity index (χ1v) is 9.41. The van der Waals surface area contributed by atoms with Crippen LogP contribution in [0.3, 0.4) is 0 Å². The summed E-state index contributed by atoms with van der Waals surface area (Å²) in [5, 5.41) is 5.22. The molecule has 7 nitrogen and oxygen atoms in total. The van der Waals surface area contributed by atoms with Crippen LogP contribution in [-0.2, 0) is 14.3 Å². The number of urea groups is 1. The highest BCUT2D eigenvalue weighted by Crippen LogP contribution is 2.14. The Morgan fingerprint density at radius 3 is 2.00 bits per heavy atom. The Hall–Kier alpha value is -2.09. The lowest BCUT2D eigenvalue weighted by atomic mass is 10.0. The number of carbonyl (C=O) groups is 3. The van der Waals surface area contributed by atoms with Crippen molar-refractivity contribution in [2.45, 2.75) is 59.6 Å². The topological polar surface area (TPSA) is 111 Å². The van der Waals surface area contributed by atoms with E-state index in [2.05, 4.69) is 26.6 Å². The maximum absolute atomic E-state index is 11.8. The highest BCUT2D eigenvalue weighted by molar-refractivity contribution is 9.10. The third-order valence-corrected chi connectivity index (χ3v) is 3.44. The summed E-state index contributed by atoms with van der Waals surface area (Å²) in [7, 11) is 0. The number of carbonyl (C=O) groups excluding carboxylic acids is 3. The molecule has 0 bridgehead atoms. The van der Waals surface area contributed by atoms with Crippen LogP contribution >= 0.6 is 15.9 Å². The normalized spacial score (nSPS) is 11.7. The van der Waals surface area contributed by atoms with Gasteiger partial charge in [0.05, 0.1) is 0 Å². The zero-order valence-corrected chi connectivity index (χ0v) is 18.3. The lowest BCUT2D eigenvalue weighted by Gasteiger charge is -2.17. The van der Waals surface area contributed by atoms with Crippen molar-refractivity contribution in [3.05, 3.63) is 28.7 Å². The first-order valence-electron chi connectivity index (χ1n) is 8.62. The van der Waals surface area contributed by atoms with Gasteiger partial charge in [-0.2, -0.15) is 0 Å². The minimum atomic E-state index is -0.657. The number of halogens is 1. The third-order valence-electron chi connectivity index (χ3n) is 2.91. The number of nitrogens with two attached hydrogens (primary N) is 1. The highest BCUT2D eigenvalue weighted by Gasteiger charge is 2.19. The zero-order valence-electron chi connectivity index (χ0n) is 16.8. The highest BCUT2D eigenvalue weighted by atomic mass is 79.9. The van der Waals surface area contributed by atoms with Gasteiger partial charge in [0.2, 0.25) is 5.91 Å². The van der Waals surface area contributed by atoms with Gasteiger partial charge in [0.25, 0.3) is 0 Å². The molecule has 0 aliphatic carbocycles. The molecule has 152 valence electrons. The van der Waals surface area contributed by atoms with Crippen LogP contribution in [0.25, 0.3) is 0 Å². The summed E-state index contributed by atoms with van der Waals surface area (Å²) in [5.41, 5.74) is 5.58. The number of benzene rings is 1. The Balaban J connectivity index is 0.000000713. The molecule has 1 aromatic carbocycles. The molecule has 0 unspecified atom stereocenters. The predicted molar refractivity (Wildman–Crippen MR) is 110 cm³/mol. The van der Waals surface area contributed by atoms with Crippen LogP contribution in [0.4, 0.5) is 10.5 Å². The van der Waals surface area contributed by atoms with Gasteiger partial charge < -0.3 is 21.1 Å². The van der Waals surface area contributed by atoms with E-state index >= 15 is 0 Å². The lowest BCUT2D eigenvalue weighted by molar-refractivity contribution is -0.151. The van der Waals surface area contributed by atoms with Gasteiger partial charge in [-0.05, 0) is 57.4 Å². The molecule has 1 aromatic rings. The van der Waals surface area contributed by atoms with Crippen LogP contribution < -0.4 is 16.4 Å². The minimum absolute atomic E-state index is 0.225. The largest absolute Gasteiger partial charge is 0.460 e. The molecule has 0 radical (unpaired) electrons. The molecule has 0 saturated heterocycles. The van der Waals surface area contributed by atoms with Gasteiger partial charge in [-0.15, -0.1) is 0 Å². The number of esters is 1. The number of rotatable bonds is 5. The van der Waals surface area contributed by atoms with Crippen molar-refractivity contribution >= 4 is 39.5 Å². The Kier molecular flexibility index (Phi) is 10.7. The minimum Gasteiger partial charge on any atom is -0.460 e. The van der Waals surface area contributed by atoms with Crippen LogP contribution in [-0.4, -0.2) is 29.6 Å². The van der Waals surface area contributed by atoms with Crippen LogP contribution in [0.2, 0.25) is 0 Å². The summed E-state index contributed by atoms with van der Waals surface area (Å²) < 4.78 is 5.72. The average Bonchev–Trinajstić information content (AvgIpc) is 2.46. The van der Waals surface area contributed by atoms with Gasteiger partial charge in [-0.3, -0.25) is 9.59 Å². The second-order valence-corrected chi connectivity index (χ2v) is 8.31. The van der Waals surface area contributed by atoms with Crippen molar-refractivity contribution in [3.63, 3.8) is 0 Å². The molecule has 1 rings (SSSR count). The molecule has 1 atom stereocenters. The Bertz CT molecular complexity index is 625. The van der Waals surface area contributed by atoms with Crippen molar-refractivity contribution in [3.8, 4) is 0 Å². The fraction of sp³-hybridized carbons (Fsp3) is 0.526. The Labute approximate surface area is 169 Å². The second-order valence-electron chi connectivity index (χ2n) is 7.40. The van der Waals surface area contributed by atoms with Crippen molar-refractivity contribution in [1.29, 1.82) is 0 Å². The molecule has 0 spiro atoms. The van der Waals surface area contributed by atoms with Crippen molar-refractivity contribution in [1.82, 2.24) is 5.32 Å². The van der Waals surface area contributed by atoms with E-state index in [9.17, 15) is 14.4 Å². The number of hydrogen-bond acceptors (Lipinski definition) is 4. The molecular formula is C19H30BrN3O4. The fourth-order valence-electron chi connectivity index (χ4n) is 2.01. The monoisotopic (exact) mass is 443 g/mol. The van der Waals surface area contributed by atoms with E-state index < -0.39 is 18.0 Å². The second kappa shape index (κ2) is 11.6. The van der Waals surface area contributed by atoms with E-state index in [1.54, 1.807) is 12.1 Å². The van der Waals surface area contributed by atoms with Crippen LogP contribution in [0, 0.1) is 5.92 Å². The van der Waals surface area contributed by atoms with Gasteiger partial charge in [-0.25, -0.2) is 4.79 Å². The van der Waals surface area contributed by atoms with Crippen molar-refractivity contribution < 1.29 is 19.1 Å². The van der Waals surface area contributed by atoms with E-state index in [4.69, 9.17) is 10.5 Å². The predicted octanol–water partition coefficient (Wildman–Crippen LogP) is 3.82. The van der Waals surface area contributed by atoms with E-state index in [0.29, 0.717) is 12.1 Å². The van der Waals surface area contributed by atoms with Crippen LogP contribution in [0.5, 0.6) is 0 Å². The van der Waals surface area contributed by atoms with E-state index in [1.807, 2.05) is 46.8 Å². The summed E-state index contributed by atoms with van der Waals surface area (Å²) in [6, 6.07) is 6.05. The number of ether oxygens (including phenoxy) is 1. The summed E-state index contributed by atoms with van der Waals surface area (Å²) >= 11 is 3.31. The smallest absolute Gasteiger partial charge is 0.319 e. The molecule has 0 fully saturated rings. The standard InChI is InChI=1S/C13H18BrN3O2.C6H12O2/c1-8(2)7-11(12(15)18)17-13(19)16-10-5-3-9(14)4-6-10;1-5(7)8-6(2,3)4/h3-6,8,11H,7H2,1-2H3,(H2,15,18)(H2,16,17,19);1-4H3/t11-;/m0./s1. The van der Waals surface area contributed by atoms with E-state index in [0.717, 1.165) is 4.47 Å². The number of anilines is 1. The van der Waals surface area contributed by atoms with Crippen LogP contribution in [0.1, 0.15) is 48.0 Å². The van der Waals surface area contributed by atoms with Gasteiger partial charge >= 0.3 is 12.0 Å². The molecule has 8 heteroatoms. The molecule has 0 aliphatic heterocycles. The Morgan fingerprint density at radius 2 is 1.67 bits per heavy atom. The van der Waals surface area contributed by atoms with E-state index in [-0.39, 0.29) is 17.5 Å². The number of primary amides is 1. The SMILES string of the molecule is CC(=O)OC(C)(C)C.CC(C)C[C@H](NC(=O)Nc1ccc(Br)cc1)C(N)=O. The van der Waals surface area contributed by atoms with Crippen LogP contribution in [0.15, 0.2) is 28.7 Å². The Morgan fingerprint density at radius 1 is 1.15 bits per heavy atom. The van der Waals surface area contributed by atoms with E-state index in [1.165, 1.54) is 6.92 Å². The quantitative estimate of drug-likeness (QED) is 0.600. The first-order chi connectivity index (χ1) is 12.3. The van der Waals surface area contributed by atoms with Crippen molar-refractivity contribution in [2.24, 2.45) is 11.7 Å². The molecule has 27 heavy (non-hydrogen) atoms. The summed E-state index contributed by atoms with van der Waals surface area (Å²) in [4.78, 5) is 33.2. The van der Waals surface area contributed by atoms with Gasteiger partial charge in [0.15, 0.2) is 0 Å². The molecule has 0 aromatic heterocycles. The molecule has 0 saturated carbocycles. The molecule has 0 heterocycles. The zero-order chi connectivity index (χ0) is 21.2. The maximum Gasteiger partial charge on any atom is 0.319 e. The lowest BCUT2D eigenvalue weighted by Crippen LogP contribution is -2.46. The van der Waals surface area contributed by atoms with Crippen molar-refractivity contribution in [2.75, 3.05) is 5.32 Å². The van der Waals surface area contributed by atoms with Gasteiger partial charge in [0.1, 0.15) is 11.6 Å². The molecule has 0 aliphatic rings. The molecule has 4 N–H and O–H groups in total. The average molecular weight is 444 g/mol. The number of hydrogen-bond donors (Lipinski definition) is 3. The van der Waals surface area contributed by atoms with Gasteiger partial charge in [-0.1, -0.05) is 29.8 Å². The van der Waals surface area contributed by atoms with Gasteiger partial charge in [0, 0.05) is 17.1 Å². The first kappa shape index (κ1) is 24.9. The third kappa shape index (κ3) is 13.7. The molecular weight excluding hydrogens is 414 g/mol. The summed E-state index contributed by atoms with van der Waals surface area (Å²) in [6.45, 7) is 10.9. The number of amides is 3. The number of nitrogens with one attached hydrogen (secondary N) is 2.